The van der Waals surface area contributed by atoms with Crippen molar-refractivity contribution in [3.63, 3.8) is 0 Å². The van der Waals surface area contributed by atoms with Gasteiger partial charge in [0.25, 0.3) is 0 Å². The Hall–Kier alpha value is -0.940. The second-order valence-corrected chi connectivity index (χ2v) is 7.32. The average Bonchev–Trinajstić information content (AvgIpc) is 3.47. The van der Waals surface area contributed by atoms with Gasteiger partial charge in [-0.15, -0.1) is 0 Å². The summed E-state index contributed by atoms with van der Waals surface area (Å²) in [5.74, 6) is 0.517. The third kappa shape index (κ3) is 8.25. The van der Waals surface area contributed by atoms with Gasteiger partial charge in [-0.2, -0.15) is 0 Å². The van der Waals surface area contributed by atoms with E-state index in [4.69, 9.17) is 14.2 Å². The van der Waals surface area contributed by atoms with Crippen LogP contribution in [0.1, 0.15) is 58.8 Å². The minimum absolute atomic E-state index is 0.104. The van der Waals surface area contributed by atoms with E-state index in [1.54, 1.807) is 0 Å². The highest BCUT2D eigenvalue weighted by Crippen LogP contribution is 2.29. The number of hydrogen-bond donors (Lipinski definition) is 0. The predicted octanol–water partition coefficient (Wildman–Crippen LogP) is 3.15. The number of carbonyl (C=O) groups excluding carboxylic acids is 2. The lowest BCUT2D eigenvalue weighted by Crippen LogP contribution is -2.30. The summed E-state index contributed by atoms with van der Waals surface area (Å²) in [5.41, 5.74) is 0. The molecule has 4 atom stereocenters. The normalized spacial score (nSPS) is 33.1. The highest BCUT2D eigenvalue weighted by molar-refractivity contribution is 5.77. The molecule has 2 saturated carbocycles. The molecule has 0 radical (unpaired) electrons. The molecule has 0 aromatic carbocycles. The van der Waals surface area contributed by atoms with Gasteiger partial charge >= 0.3 is 5.97 Å². The molecule has 2 saturated heterocycles. The van der Waals surface area contributed by atoms with Crippen LogP contribution in [-0.2, 0) is 23.8 Å². The van der Waals surface area contributed by atoms with Crippen molar-refractivity contribution < 1.29 is 23.8 Å². The molecule has 24 heavy (non-hydrogen) atoms. The number of epoxide rings is 2. The first-order valence-corrected chi connectivity index (χ1v) is 9.49. The molecule has 5 heteroatoms. The van der Waals surface area contributed by atoms with E-state index in [2.05, 4.69) is 13.8 Å². The van der Waals surface area contributed by atoms with Crippen LogP contribution < -0.4 is 0 Å². The second-order valence-electron chi connectivity index (χ2n) is 7.32. The Kier molecular flexibility index (Phi) is 8.19. The molecule has 0 amide bonds. The fraction of sp³-hybridized carbons (Fsp3) is 0.895. The minimum Gasteiger partial charge on any atom is -0.463 e. The maximum absolute atomic E-state index is 11.7. The van der Waals surface area contributed by atoms with Crippen molar-refractivity contribution in [1.29, 1.82) is 0 Å². The molecule has 2 heterocycles. The summed E-state index contributed by atoms with van der Waals surface area (Å²) >= 11 is 0. The van der Waals surface area contributed by atoms with Gasteiger partial charge in [0.2, 0.25) is 0 Å². The number of rotatable bonds is 5. The van der Waals surface area contributed by atoms with E-state index in [0.717, 1.165) is 44.5 Å². The van der Waals surface area contributed by atoms with Gasteiger partial charge in [-0.05, 0) is 25.2 Å². The van der Waals surface area contributed by atoms with E-state index < -0.39 is 0 Å². The lowest BCUT2D eigenvalue weighted by atomic mass is 9.80. The molecule has 4 rings (SSSR count). The molecule has 4 fully saturated rings. The van der Waals surface area contributed by atoms with Crippen LogP contribution in [0, 0.1) is 17.8 Å². The van der Waals surface area contributed by atoms with E-state index in [9.17, 15) is 9.59 Å². The zero-order valence-corrected chi connectivity index (χ0v) is 15.1. The lowest BCUT2D eigenvalue weighted by molar-refractivity contribution is -0.153. The van der Waals surface area contributed by atoms with Gasteiger partial charge in [-0.1, -0.05) is 39.5 Å². The van der Waals surface area contributed by atoms with Crippen molar-refractivity contribution in [1.82, 2.24) is 0 Å². The molecule has 138 valence electrons. The lowest BCUT2D eigenvalue weighted by Gasteiger charge is -2.25. The van der Waals surface area contributed by atoms with Gasteiger partial charge < -0.3 is 19.0 Å². The summed E-state index contributed by atoms with van der Waals surface area (Å²) in [6, 6.07) is 0. The second kappa shape index (κ2) is 10.1. The van der Waals surface area contributed by atoms with E-state index in [1.165, 1.54) is 19.3 Å². The highest BCUT2D eigenvalue weighted by Gasteiger charge is 2.33. The molecule has 4 unspecified atom stereocenters. The number of carbonyl (C=O) groups is 2. The third-order valence-electron chi connectivity index (χ3n) is 4.83. The van der Waals surface area contributed by atoms with Gasteiger partial charge in [0, 0.05) is 5.92 Å². The Morgan fingerprint density at radius 1 is 1.08 bits per heavy atom. The Bertz CT molecular complexity index is 385. The fourth-order valence-electron chi connectivity index (χ4n) is 2.53. The van der Waals surface area contributed by atoms with Crippen LogP contribution in [0.15, 0.2) is 0 Å². The summed E-state index contributed by atoms with van der Waals surface area (Å²) < 4.78 is 14.9. The van der Waals surface area contributed by atoms with E-state index >= 15 is 0 Å². The van der Waals surface area contributed by atoms with Crippen molar-refractivity contribution in [2.45, 2.75) is 71.0 Å². The van der Waals surface area contributed by atoms with E-state index in [0.29, 0.717) is 19.3 Å². The first-order valence-electron chi connectivity index (χ1n) is 9.49. The Morgan fingerprint density at radius 3 is 2.08 bits per heavy atom. The standard InChI is InChI=1S/C11H16O4.C4H8O.C4H8/c12-5-8-3-1-2-4-10(8)11(13)15-7-9-6-14-9;1-2-4-3-5-4;1-4-2-3-4/h5,8-10H,1-4,6-7H2;4H,2-3H2,1H3;4H,2-3H2,1H3. The molecule has 0 N–H and O–H groups in total. The summed E-state index contributed by atoms with van der Waals surface area (Å²) in [7, 11) is 0. The topological polar surface area (TPSA) is 68.4 Å². The molecule has 0 spiro atoms. The van der Waals surface area contributed by atoms with Crippen molar-refractivity contribution in [3.8, 4) is 0 Å². The van der Waals surface area contributed by atoms with Gasteiger partial charge in [-0.3, -0.25) is 4.79 Å². The van der Waals surface area contributed by atoms with Crippen molar-refractivity contribution in [2.75, 3.05) is 19.8 Å². The molecule has 0 aromatic heterocycles. The first-order chi connectivity index (χ1) is 11.6. The van der Waals surface area contributed by atoms with Gasteiger partial charge in [-0.25, -0.2) is 0 Å². The van der Waals surface area contributed by atoms with Crippen LogP contribution in [-0.4, -0.2) is 44.3 Å². The van der Waals surface area contributed by atoms with E-state index in [-0.39, 0.29) is 23.9 Å². The van der Waals surface area contributed by atoms with Crippen molar-refractivity contribution in [2.24, 2.45) is 17.8 Å². The van der Waals surface area contributed by atoms with Crippen molar-refractivity contribution >= 4 is 12.3 Å². The van der Waals surface area contributed by atoms with Gasteiger partial charge in [0.15, 0.2) is 0 Å². The number of esters is 1. The smallest absolute Gasteiger partial charge is 0.309 e. The van der Waals surface area contributed by atoms with Gasteiger partial charge in [0.05, 0.1) is 25.2 Å². The number of hydrogen-bond acceptors (Lipinski definition) is 5. The molecule has 2 aliphatic heterocycles. The van der Waals surface area contributed by atoms with Crippen LogP contribution in [0.25, 0.3) is 0 Å². The minimum atomic E-state index is -0.220. The Balaban J connectivity index is 0.000000187. The summed E-state index contributed by atoms with van der Waals surface area (Å²) in [6.45, 7) is 6.46. The predicted molar refractivity (Wildman–Crippen MR) is 90.6 cm³/mol. The molecular formula is C19H32O5. The zero-order chi connectivity index (χ0) is 17.4. The molecule has 4 aliphatic rings. The fourth-order valence-corrected chi connectivity index (χ4v) is 2.53. The van der Waals surface area contributed by atoms with Crippen LogP contribution in [0.4, 0.5) is 0 Å². The first kappa shape index (κ1) is 19.4. The number of ether oxygens (including phenoxy) is 3. The highest BCUT2D eigenvalue weighted by atomic mass is 16.6. The van der Waals surface area contributed by atoms with Crippen LogP contribution >= 0.6 is 0 Å². The van der Waals surface area contributed by atoms with E-state index in [1.807, 2.05) is 0 Å². The largest absolute Gasteiger partial charge is 0.463 e. The SMILES string of the molecule is CC1CC1.CCC1CO1.O=CC1CCCCC1C(=O)OCC1CO1. The third-order valence-corrected chi connectivity index (χ3v) is 4.83. The summed E-state index contributed by atoms with van der Waals surface area (Å²) in [4.78, 5) is 22.5. The summed E-state index contributed by atoms with van der Waals surface area (Å²) in [6.07, 6.45) is 9.47. The van der Waals surface area contributed by atoms with Crippen LogP contribution in [0.3, 0.4) is 0 Å². The molecule has 0 bridgehead atoms. The monoisotopic (exact) mass is 340 g/mol. The summed E-state index contributed by atoms with van der Waals surface area (Å²) in [5, 5.41) is 0. The van der Waals surface area contributed by atoms with Crippen molar-refractivity contribution in [3.05, 3.63) is 0 Å². The molecular weight excluding hydrogens is 308 g/mol. The molecule has 5 nitrogen and oxygen atoms in total. The average molecular weight is 340 g/mol. The van der Waals surface area contributed by atoms with Crippen LogP contribution in [0.2, 0.25) is 0 Å². The Morgan fingerprint density at radius 2 is 1.67 bits per heavy atom. The quantitative estimate of drug-likeness (QED) is 0.437. The zero-order valence-electron chi connectivity index (χ0n) is 15.1. The maximum Gasteiger partial charge on any atom is 0.309 e. The van der Waals surface area contributed by atoms with Gasteiger partial charge in [0.1, 0.15) is 19.0 Å². The maximum atomic E-state index is 11.7. The molecule has 0 aromatic rings. The Labute approximate surface area is 145 Å². The molecule has 2 aliphatic carbocycles. The van der Waals surface area contributed by atoms with Crippen LogP contribution in [0.5, 0.6) is 0 Å². The number of aldehydes is 1.